The first kappa shape index (κ1) is 15.2. The van der Waals surface area contributed by atoms with Crippen LogP contribution in [0.4, 0.5) is 0 Å². The minimum Gasteiger partial charge on any atom is -0.469 e. The molecule has 0 saturated carbocycles. The molecule has 0 bridgehead atoms. The highest BCUT2D eigenvalue weighted by atomic mass is 16.5. The lowest BCUT2D eigenvalue weighted by molar-refractivity contribution is -0.139. The van der Waals surface area contributed by atoms with Crippen molar-refractivity contribution in [1.29, 1.82) is 0 Å². The van der Waals surface area contributed by atoms with Crippen molar-refractivity contribution in [2.24, 2.45) is 0 Å². The Morgan fingerprint density at radius 1 is 1.19 bits per heavy atom. The Labute approximate surface area is 125 Å². The molecular weight excluding hydrogens is 264 g/mol. The zero-order chi connectivity index (χ0) is 15.1. The fourth-order valence-electron chi connectivity index (χ4n) is 2.13. The van der Waals surface area contributed by atoms with Crippen LogP contribution in [0.25, 0.3) is 0 Å². The average Bonchev–Trinajstić information content (AvgIpc) is 2.54. The smallest absolute Gasteiger partial charge is 0.309 e. The van der Waals surface area contributed by atoms with E-state index in [-0.39, 0.29) is 12.0 Å². The number of nitrogens with one attached hydrogen (secondary N) is 1. The van der Waals surface area contributed by atoms with Crippen molar-refractivity contribution in [1.82, 2.24) is 10.3 Å². The fourth-order valence-corrected chi connectivity index (χ4v) is 2.13. The molecule has 1 N–H and O–H groups in total. The Morgan fingerprint density at radius 3 is 2.57 bits per heavy atom. The molecule has 0 fully saturated rings. The number of hydrogen-bond acceptors (Lipinski definition) is 4. The van der Waals surface area contributed by atoms with Gasteiger partial charge in [-0.1, -0.05) is 30.3 Å². The maximum Gasteiger partial charge on any atom is 0.309 e. The van der Waals surface area contributed by atoms with Crippen LogP contribution in [0.1, 0.15) is 29.8 Å². The van der Waals surface area contributed by atoms with E-state index in [1.807, 2.05) is 42.5 Å². The lowest BCUT2D eigenvalue weighted by atomic mass is 10.0. The Morgan fingerprint density at radius 2 is 1.90 bits per heavy atom. The molecule has 2 aromatic rings. The first-order valence-corrected chi connectivity index (χ1v) is 6.98. The second kappa shape index (κ2) is 7.55. The summed E-state index contributed by atoms with van der Waals surface area (Å²) in [5, 5.41) is 3.43. The highest BCUT2D eigenvalue weighted by Crippen LogP contribution is 2.13. The van der Waals surface area contributed by atoms with E-state index in [2.05, 4.69) is 17.2 Å². The fraction of sp³-hybridized carbons (Fsp3) is 0.294. The number of benzene rings is 1. The van der Waals surface area contributed by atoms with Crippen LogP contribution in [0.5, 0.6) is 0 Å². The number of carbonyl (C=O) groups is 1. The lowest BCUT2D eigenvalue weighted by Crippen LogP contribution is -2.20. The predicted octanol–water partition coefficient (Wildman–Crippen LogP) is 2.65. The predicted molar refractivity (Wildman–Crippen MR) is 81.7 cm³/mol. The number of ether oxygens (including phenoxy) is 1. The van der Waals surface area contributed by atoms with Gasteiger partial charge < -0.3 is 10.1 Å². The van der Waals surface area contributed by atoms with Gasteiger partial charge in [0.25, 0.3) is 0 Å². The number of esters is 1. The molecule has 0 saturated heterocycles. The summed E-state index contributed by atoms with van der Waals surface area (Å²) in [6, 6.07) is 13.9. The van der Waals surface area contributed by atoms with Crippen molar-refractivity contribution in [2.75, 3.05) is 7.11 Å². The van der Waals surface area contributed by atoms with Gasteiger partial charge in [-0.15, -0.1) is 0 Å². The average molecular weight is 284 g/mol. The van der Waals surface area contributed by atoms with Crippen LogP contribution in [0.2, 0.25) is 0 Å². The molecule has 4 nitrogen and oxygen atoms in total. The highest BCUT2D eigenvalue weighted by molar-refractivity contribution is 5.72. The largest absolute Gasteiger partial charge is 0.469 e. The van der Waals surface area contributed by atoms with Crippen LogP contribution in [-0.2, 0) is 22.5 Å². The maximum absolute atomic E-state index is 11.4. The molecule has 110 valence electrons. The van der Waals surface area contributed by atoms with E-state index in [4.69, 9.17) is 4.74 Å². The van der Waals surface area contributed by atoms with Crippen molar-refractivity contribution in [3.05, 3.63) is 65.5 Å². The topological polar surface area (TPSA) is 51.2 Å². The number of nitrogens with zero attached hydrogens (tertiary/aromatic N) is 1. The monoisotopic (exact) mass is 284 g/mol. The Hall–Kier alpha value is -2.20. The number of hydrogen-bond donors (Lipinski definition) is 1. The Balaban J connectivity index is 2.01. The summed E-state index contributed by atoms with van der Waals surface area (Å²) in [5.41, 5.74) is 3.10. The summed E-state index contributed by atoms with van der Waals surface area (Å²) in [7, 11) is 1.41. The Bertz CT molecular complexity index is 584. The number of aromatic nitrogens is 1. The van der Waals surface area contributed by atoms with Crippen molar-refractivity contribution in [3.63, 3.8) is 0 Å². The third-order valence-electron chi connectivity index (χ3n) is 3.41. The number of pyridine rings is 1. The van der Waals surface area contributed by atoms with E-state index in [1.165, 1.54) is 7.11 Å². The summed E-state index contributed by atoms with van der Waals surface area (Å²) in [6.07, 6.45) is 2.09. The second-order valence-corrected chi connectivity index (χ2v) is 4.88. The maximum atomic E-state index is 11.4. The molecule has 2 rings (SSSR count). The van der Waals surface area contributed by atoms with E-state index in [0.29, 0.717) is 13.0 Å². The first-order chi connectivity index (χ1) is 10.2. The highest BCUT2D eigenvalue weighted by Gasteiger charge is 2.10. The molecule has 0 radical (unpaired) electrons. The zero-order valence-corrected chi connectivity index (χ0v) is 12.4. The van der Waals surface area contributed by atoms with E-state index >= 15 is 0 Å². The molecule has 4 heteroatoms. The molecule has 0 aliphatic rings. The van der Waals surface area contributed by atoms with Crippen molar-refractivity contribution >= 4 is 5.97 Å². The van der Waals surface area contributed by atoms with Crippen LogP contribution >= 0.6 is 0 Å². The third-order valence-corrected chi connectivity index (χ3v) is 3.41. The van der Waals surface area contributed by atoms with Gasteiger partial charge in [0, 0.05) is 18.8 Å². The zero-order valence-electron chi connectivity index (χ0n) is 12.4. The molecule has 0 aliphatic carbocycles. The quantitative estimate of drug-likeness (QED) is 0.829. The standard InChI is InChI=1S/C17H20N2O2/c1-13(16-9-5-6-10-18-16)19-12-15-8-4-3-7-14(15)11-17(20)21-2/h3-10,13,19H,11-12H2,1-2H3. The van der Waals surface area contributed by atoms with E-state index in [1.54, 1.807) is 6.20 Å². The van der Waals surface area contributed by atoms with E-state index in [9.17, 15) is 4.79 Å². The van der Waals surface area contributed by atoms with Crippen LogP contribution < -0.4 is 5.32 Å². The van der Waals surface area contributed by atoms with Gasteiger partial charge in [-0.05, 0) is 30.2 Å². The molecule has 1 heterocycles. The number of carbonyl (C=O) groups excluding carboxylic acids is 1. The number of methoxy groups -OCH3 is 1. The minimum atomic E-state index is -0.222. The third kappa shape index (κ3) is 4.39. The van der Waals surface area contributed by atoms with Crippen molar-refractivity contribution < 1.29 is 9.53 Å². The molecule has 21 heavy (non-hydrogen) atoms. The summed E-state index contributed by atoms with van der Waals surface area (Å²) in [4.78, 5) is 15.8. The van der Waals surface area contributed by atoms with E-state index in [0.717, 1.165) is 16.8 Å². The molecule has 1 atom stereocenters. The van der Waals surface area contributed by atoms with Gasteiger partial charge in [0.1, 0.15) is 0 Å². The van der Waals surface area contributed by atoms with Gasteiger partial charge in [-0.25, -0.2) is 0 Å². The van der Waals surface area contributed by atoms with Gasteiger partial charge in [0.15, 0.2) is 0 Å². The molecule has 1 unspecified atom stereocenters. The van der Waals surface area contributed by atoms with Gasteiger partial charge in [-0.3, -0.25) is 9.78 Å². The normalized spacial score (nSPS) is 11.9. The van der Waals surface area contributed by atoms with Gasteiger partial charge >= 0.3 is 5.97 Å². The van der Waals surface area contributed by atoms with Gasteiger partial charge in [0.2, 0.25) is 0 Å². The van der Waals surface area contributed by atoms with Crippen LogP contribution in [0.15, 0.2) is 48.7 Å². The minimum absolute atomic E-state index is 0.150. The first-order valence-electron chi connectivity index (χ1n) is 6.98. The lowest BCUT2D eigenvalue weighted by Gasteiger charge is -2.15. The van der Waals surface area contributed by atoms with E-state index < -0.39 is 0 Å². The van der Waals surface area contributed by atoms with Gasteiger partial charge in [-0.2, -0.15) is 0 Å². The summed E-state index contributed by atoms with van der Waals surface area (Å²) < 4.78 is 4.73. The molecule has 1 aromatic heterocycles. The molecular formula is C17H20N2O2. The molecule has 0 aliphatic heterocycles. The molecule has 1 aromatic carbocycles. The molecule has 0 spiro atoms. The summed E-state index contributed by atoms with van der Waals surface area (Å²) >= 11 is 0. The van der Waals surface area contributed by atoms with Crippen LogP contribution in [-0.4, -0.2) is 18.1 Å². The van der Waals surface area contributed by atoms with Crippen LogP contribution in [0.3, 0.4) is 0 Å². The summed E-state index contributed by atoms with van der Waals surface area (Å²) in [5.74, 6) is -0.222. The van der Waals surface area contributed by atoms with Crippen molar-refractivity contribution in [2.45, 2.75) is 25.9 Å². The number of rotatable bonds is 6. The van der Waals surface area contributed by atoms with Gasteiger partial charge in [0.05, 0.1) is 19.2 Å². The Kier molecular flexibility index (Phi) is 5.46. The van der Waals surface area contributed by atoms with Crippen molar-refractivity contribution in [3.8, 4) is 0 Å². The molecule has 0 amide bonds. The SMILES string of the molecule is COC(=O)Cc1ccccc1CNC(C)c1ccccn1. The van der Waals surface area contributed by atoms with Crippen LogP contribution in [0, 0.1) is 0 Å². The summed E-state index contributed by atoms with van der Waals surface area (Å²) in [6.45, 7) is 2.76. The second-order valence-electron chi connectivity index (χ2n) is 4.88.